The molecule has 0 aliphatic rings. The molecule has 0 aliphatic carbocycles. The molecule has 8 heteroatoms. The van der Waals surface area contributed by atoms with Crippen LogP contribution in [0.1, 0.15) is 22.1 Å². The number of benzene rings is 2. The molecule has 30 heavy (non-hydrogen) atoms. The van der Waals surface area contributed by atoms with Gasteiger partial charge in [-0.15, -0.1) is 21.5 Å². The quantitative estimate of drug-likeness (QED) is 0.383. The Balaban J connectivity index is 1.34. The molecule has 0 saturated carbocycles. The molecule has 0 N–H and O–H groups in total. The topological polar surface area (TPSA) is 83.0 Å². The molecule has 0 bridgehead atoms. The number of thiophene rings is 1. The van der Waals surface area contributed by atoms with Crippen LogP contribution in [0.15, 0.2) is 70.5 Å². The fourth-order valence-electron chi connectivity index (χ4n) is 3.25. The highest BCUT2D eigenvalue weighted by molar-refractivity contribution is 7.13. The number of para-hydroxylation sites is 1. The molecular weight excluding hydrogens is 400 g/mol. The first-order chi connectivity index (χ1) is 14.7. The van der Waals surface area contributed by atoms with Gasteiger partial charge in [0, 0.05) is 5.69 Å². The van der Waals surface area contributed by atoms with E-state index in [2.05, 4.69) is 19.7 Å². The van der Waals surface area contributed by atoms with Crippen molar-refractivity contribution in [3.8, 4) is 16.5 Å². The van der Waals surface area contributed by atoms with Crippen LogP contribution in [-0.2, 0) is 11.3 Å². The Hall–Kier alpha value is -3.78. The second kappa shape index (κ2) is 7.57. The van der Waals surface area contributed by atoms with Crippen molar-refractivity contribution in [3.63, 3.8) is 0 Å². The zero-order chi connectivity index (χ0) is 20.5. The van der Waals surface area contributed by atoms with E-state index in [1.807, 2.05) is 60.8 Å². The highest BCUT2D eigenvalue weighted by Gasteiger charge is 2.15. The van der Waals surface area contributed by atoms with Gasteiger partial charge in [0.05, 0.1) is 21.5 Å². The Labute approximate surface area is 175 Å². The summed E-state index contributed by atoms with van der Waals surface area (Å²) in [5, 5.41) is 9.84. The first-order valence-corrected chi connectivity index (χ1v) is 10.1. The molecule has 3 heterocycles. The molecule has 5 aromatic rings. The maximum Gasteiger partial charge on any atom is 0.338 e. The number of hydrogen-bond acceptors (Lipinski definition) is 7. The molecule has 3 aromatic heterocycles. The number of imidazole rings is 1. The SMILES string of the molecule is Cc1nc2cc(C(=O)OCc3nnc(-c4cccs4)o3)ccc2n1-c1ccccc1. The van der Waals surface area contributed by atoms with Crippen molar-refractivity contribution < 1.29 is 13.9 Å². The number of carbonyl (C=O) groups excluding carboxylic acids is 1. The second-order valence-corrected chi connectivity index (χ2v) is 7.54. The van der Waals surface area contributed by atoms with Crippen molar-refractivity contribution in [1.29, 1.82) is 0 Å². The van der Waals surface area contributed by atoms with Crippen molar-refractivity contribution in [2.45, 2.75) is 13.5 Å². The van der Waals surface area contributed by atoms with E-state index >= 15 is 0 Å². The molecule has 0 spiro atoms. The summed E-state index contributed by atoms with van der Waals surface area (Å²) in [5.74, 6) is 1.03. The van der Waals surface area contributed by atoms with E-state index in [0.717, 1.165) is 27.4 Å². The predicted octanol–water partition coefficient (Wildman–Crippen LogP) is 4.80. The summed E-state index contributed by atoms with van der Waals surface area (Å²) in [4.78, 5) is 18.0. The predicted molar refractivity (Wildman–Crippen MR) is 113 cm³/mol. The second-order valence-electron chi connectivity index (χ2n) is 6.59. The minimum absolute atomic E-state index is 0.0905. The zero-order valence-corrected chi connectivity index (χ0v) is 16.8. The van der Waals surface area contributed by atoms with Gasteiger partial charge < -0.3 is 9.15 Å². The van der Waals surface area contributed by atoms with Crippen molar-refractivity contribution in [3.05, 3.63) is 83.3 Å². The lowest BCUT2D eigenvalue weighted by atomic mass is 10.2. The minimum atomic E-state index is -0.473. The monoisotopic (exact) mass is 416 g/mol. The van der Waals surface area contributed by atoms with Crippen LogP contribution >= 0.6 is 11.3 Å². The highest BCUT2D eigenvalue weighted by Crippen LogP contribution is 2.24. The summed E-state index contributed by atoms with van der Waals surface area (Å²) in [7, 11) is 0. The van der Waals surface area contributed by atoms with E-state index < -0.39 is 5.97 Å². The molecular formula is C22H16N4O3S. The van der Waals surface area contributed by atoms with Crippen molar-refractivity contribution >= 4 is 28.3 Å². The summed E-state index contributed by atoms with van der Waals surface area (Å²) in [5.41, 5.74) is 3.08. The molecule has 0 unspecified atom stereocenters. The van der Waals surface area contributed by atoms with E-state index in [1.165, 1.54) is 11.3 Å². The molecule has 0 fully saturated rings. The van der Waals surface area contributed by atoms with Crippen LogP contribution in [0, 0.1) is 6.92 Å². The number of hydrogen-bond donors (Lipinski definition) is 0. The number of aryl methyl sites for hydroxylation is 1. The van der Waals surface area contributed by atoms with E-state index in [4.69, 9.17) is 9.15 Å². The Morgan fingerprint density at radius 1 is 1.10 bits per heavy atom. The summed E-state index contributed by atoms with van der Waals surface area (Å²) in [6, 6.07) is 19.1. The summed E-state index contributed by atoms with van der Waals surface area (Å²) in [6.45, 7) is 1.85. The first kappa shape index (κ1) is 18.3. The minimum Gasteiger partial charge on any atom is -0.452 e. The van der Waals surface area contributed by atoms with Gasteiger partial charge in [-0.3, -0.25) is 4.57 Å². The normalized spacial score (nSPS) is 11.1. The lowest BCUT2D eigenvalue weighted by Crippen LogP contribution is -2.05. The summed E-state index contributed by atoms with van der Waals surface area (Å²) in [6.07, 6.45) is 0. The van der Waals surface area contributed by atoms with E-state index in [0.29, 0.717) is 11.5 Å². The lowest BCUT2D eigenvalue weighted by molar-refractivity contribution is 0.0439. The van der Waals surface area contributed by atoms with Gasteiger partial charge in [0.15, 0.2) is 6.61 Å². The van der Waals surface area contributed by atoms with Gasteiger partial charge in [0.2, 0.25) is 0 Å². The number of rotatable bonds is 5. The zero-order valence-electron chi connectivity index (χ0n) is 16.0. The molecule has 2 aromatic carbocycles. The Morgan fingerprint density at radius 3 is 2.77 bits per heavy atom. The fourth-order valence-corrected chi connectivity index (χ4v) is 3.90. The Morgan fingerprint density at radius 2 is 1.97 bits per heavy atom. The third-order valence-electron chi connectivity index (χ3n) is 4.60. The summed E-state index contributed by atoms with van der Waals surface area (Å²) >= 11 is 1.50. The fraction of sp³-hybridized carbons (Fsp3) is 0.0909. The Kier molecular flexibility index (Phi) is 4.61. The van der Waals surface area contributed by atoms with Gasteiger partial charge in [0.1, 0.15) is 5.82 Å². The molecule has 0 amide bonds. The van der Waals surface area contributed by atoms with Crippen molar-refractivity contribution in [2.24, 2.45) is 0 Å². The van der Waals surface area contributed by atoms with Crippen LogP contribution in [0.2, 0.25) is 0 Å². The molecule has 148 valence electrons. The van der Waals surface area contributed by atoms with Crippen molar-refractivity contribution in [1.82, 2.24) is 19.7 Å². The smallest absolute Gasteiger partial charge is 0.338 e. The molecule has 7 nitrogen and oxygen atoms in total. The van der Waals surface area contributed by atoms with E-state index in [9.17, 15) is 4.79 Å². The number of aromatic nitrogens is 4. The highest BCUT2D eigenvalue weighted by atomic mass is 32.1. The molecule has 0 saturated heterocycles. The average Bonchev–Trinajstić information content (AvgIpc) is 3.51. The first-order valence-electron chi connectivity index (χ1n) is 9.27. The van der Waals surface area contributed by atoms with Crippen LogP contribution in [0.25, 0.3) is 27.5 Å². The van der Waals surface area contributed by atoms with Crippen LogP contribution in [0.3, 0.4) is 0 Å². The lowest BCUT2D eigenvalue weighted by Gasteiger charge is -2.07. The third-order valence-corrected chi connectivity index (χ3v) is 5.46. The van der Waals surface area contributed by atoms with Gasteiger partial charge >= 0.3 is 5.97 Å². The molecule has 5 rings (SSSR count). The standard InChI is InChI=1S/C22H16N4O3S/c1-14-23-17-12-15(9-10-18(17)26(14)16-6-3-2-4-7-16)22(27)28-13-20-24-25-21(29-20)19-8-5-11-30-19/h2-12H,13H2,1H3. The number of ether oxygens (including phenoxy) is 1. The Bertz CT molecular complexity index is 1320. The number of carbonyl (C=O) groups is 1. The maximum absolute atomic E-state index is 12.5. The van der Waals surface area contributed by atoms with E-state index in [1.54, 1.807) is 12.1 Å². The number of fused-ring (bicyclic) bond motifs is 1. The molecule has 0 aliphatic heterocycles. The van der Waals surface area contributed by atoms with Gasteiger partial charge in [-0.05, 0) is 48.7 Å². The molecule has 0 radical (unpaired) electrons. The largest absolute Gasteiger partial charge is 0.452 e. The number of esters is 1. The van der Waals surface area contributed by atoms with Crippen LogP contribution in [0.4, 0.5) is 0 Å². The van der Waals surface area contributed by atoms with Gasteiger partial charge in [-0.2, -0.15) is 0 Å². The third kappa shape index (κ3) is 3.37. The molecule has 0 atom stereocenters. The average molecular weight is 416 g/mol. The van der Waals surface area contributed by atoms with Crippen LogP contribution in [0.5, 0.6) is 0 Å². The summed E-state index contributed by atoms with van der Waals surface area (Å²) < 4.78 is 12.9. The van der Waals surface area contributed by atoms with Crippen LogP contribution < -0.4 is 0 Å². The maximum atomic E-state index is 12.5. The van der Waals surface area contributed by atoms with Crippen LogP contribution in [-0.4, -0.2) is 25.7 Å². The van der Waals surface area contributed by atoms with Gasteiger partial charge in [-0.25, -0.2) is 9.78 Å². The van der Waals surface area contributed by atoms with Gasteiger partial charge in [-0.1, -0.05) is 24.3 Å². The van der Waals surface area contributed by atoms with Gasteiger partial charge in [0.25, 0.3) is 11.8 Å². The van der Waals surface area contributed by atoms with Crippen molar-refractivity contribution in [2.75, 3.05) is 0 Å². The van der Waals surface area contributed by atoms with E-state index in [-0.39, 0.29) is 12.5 Å². The number of nitrogens with zero attached hydrogens (tertiary/aromatic N) is 4.